The van der Waals surface area contributed by atoms with Gasteiger partial charge in [0.05, 0.1) is 10.3 Å². The number of rotatable bonds is 3. The maximum atomic E-state index is 11.9. The minimum Gasteiger partial charge on any atom is -0.479 e. The Morgan fingerprint density at radius 3 is 2.52 bits per heavy atom. The molecule has 1 aromatic heterocycles. The predicted molar refractivity (Wildman–Crippen MR) is 73.6 cm³/mol. The number of aliphatic carboxylic acids is 1. The maximum Gasteiger partial charge on any atom is 0.335 e. The van der Waals surface area contributed by atoms with E-state index in [0.717, 1.165) is 6.07 Å². The van der Waals surface area contributed by atoms with Crippen LogP contribution in [0.3, 0.4) is 0 Å². The second-order valence-corrected chi connectivity index (χ2v) is 5.52. The molecular formula is C10H11IN2O8. The summed E-state index contributed by atoms with van der Waals surface area (Å²) in [7, 11) is 0. The molecule has 5 N–H and O–H groups in total. The van der Waals surface area contributed by atoms with Crippen molar-refractivity contribution in [3.8, 4) is 0 Å². The average Bonchev–Trinajstić information content (AvgIpc) is 2.63. The first-order valence-corrected chi connectivity index (χ1v) is 6.72. The lowest BCUT2D eigenvalue weighted by Gasteiger charge is -2.32. The van der Waals surface area contributed by atoms with Crippen molar-refractivity contribution in [1.82, 2.24) is 9.55 Å². The van der Waals surface area contributed by atoms with Gasteiger partial charge in [0.2, 0.25) is 5.72 Å². The van der Waals surface area contributed by atoms with Gasteiger partial charge in [0.15, 0.2) is 6.10 Å². The van der Waals surface area contributed by atoms with Gasteiger partial charge in [-0.05, 0) is 22.6 Å². The fraction of sp³-hybridized carbons (Fsp3) is 0.500. The van der Waals surface area contributed by atoms with Crippen LogP contribution in [0, 0.1) is 3.70 Å². The van der Waals surface area contributed by atoms with Crippen molar-refractivity contribution in [2.45, 2.75) is 24.0 Å². The Morgan fingerprint density at radius 1 is 1.48 bits per heavy atom. The van der Waals surface area contributed by atoms with Gasteiger partial charge in [0, 0.05) is 6.07 Å². The number of carboxylic acids is 1. The molecule has 2 rings (SSSR count). The number of carbonyl (C=O) groups is 1. The Morgan fingerprint density at radius 2 is 2.10 bits per heavy atom. The molecule has 1 saturated heterocycles. The summed E-state index contributed by atoms with van der Waals surface area (Å²) in [5.74, 6) is -1.57. The molecular weight excluding hydrogens is 403 g/mol. The van der Waals surface area contributed by atoms with Crippen molar-refractivity contribution in [2.24, 2.45) is 0 Å². The lowest BCUT2D eigenvalue weighted by atomic mass is 10.0. The number of halogens is 1. The number of aliphatic hydroxyl groups is 3. The Hall–Kier alpha value is -1.28. The molecule has 116 valence electrons. The third-order valence-corrected chi connectivity index (χ3v) is 3.97. The van der Waals surface area contributed by atoms with E-state index in [1.165, 1.54) is 0 Å². The Labute approximate surface area is 129 Å². The van der Waals surface area contributed by atoms with E-state index in [4.69, 9.17) is 9.84 Å². The molecule has 0 aliphatic carbocycles. The summed E-state index contributed by atoms with van der Waals surface area (Å²) in [6, 6.07) is 0.996. The molecule has 0 unspecified atom stereocenters. The van der Waals surface area contributed by atoms with E-state index in [-0.39, 0.29) is 3.70 Å². The van der Waals surface area contributed by atoms with Gasteiger partial charge in [-0.15, -0.1) is 0 Å². The standard InChI is InChI=1S/C10H11IN2O8/c11-3-1-4(15)12-9(20)13(3)10(2-14)7(17)5(16)6(21-10)8(18)19/h1,5-7,14,16-17H,2H2,(H,18,19)(H,12,15,20)/t5-,6+,7-,10-/m1/s1. The van der Waals surface area contributed by atoms with Crippen molar-refractivity contribution >= 4 is 28.6 Å². The molecule has 11 heteroatoms. The smallest absolute Gasteiger partial charge is 0.335 e. The van der Waals surface area contributed by atoms with Gasteiger partial charge in [0.25, 0.3) is 5.56 Å². The highest BCUT2D eigenvalue weighted by molar-refractivity contribution is 14.1. The number of H-pyrrole nitrogens is 1. The zero-order chi connectivity index (χ0) is 15.9. The molecule has 0 amide bonds. The van der Waals surface area contributed by atoms with Crippen LogP contribution in [0.1, 0.15) is 0 Å². The van der Waals surface area contributed by atoms with Crippen LogP contribution < -0.4 is 11.2 Å². The number of aromatic amines is 1. The summed E-state index contributed by atoms with van der Waals surface area (Å²) in [5, 5.41) is 38.2. The topological polar surface area (TPSA) is 162 Å². The molecule has 0 saturated carbocycles. The second kappa shape index (κ2) is 5.49. The van der Waals surface area contributed by atoms with Gasteiger partial charge < -0.3 is 25.2 Å². The summed E-state index contributed by atoms with van der Waals surface area (Å²) in [6.45, 7) is -0.989. The summed E-state index contributed by atoms with van der Waals surface area (Å²) in [5.41, 5.74) is -3.94. The van der Waals surface area contributed by atoms with Crippen molar-refractivity contribution in [3.05, 3.63) is 30.6 Å². The summed E-state index contributed by atoms with van der Waals surface area (Å²) in [4.78, 5) is 36.0. The van der Waals surface area contributed by atoms with Crippen LogP contribution >= 0.6 is 22.6 Å². The summed E-state index contributed by atoms with van der Waals surface area (Å²) < 4.78 is 5.75. The van der Waals surface area contributed by atoms with Crippen molar-refractivity contribution in [1.29, 1.82) is 0 Å². The summed E-state index contributed by atoms with van der Waals surface area (Å²) in [6.07, 6.45) is -5.58. The van der Waals surface area contributed by atoms with E-state index in [2.05, 4.69) is 0 Å². The number of nitrogens with one attached hydrogen (secondary N) is 1. The van der Waals surface area contributed by atoms with Gasteiger partial charge in [-0.25, -0.2) is 9.59 Å². The monoisotopic (exact) mass is 414 g/mol. The van der Waals surface area contributed by atoms with E-state index in [9.17, 15) is 29.7 Å². The van der Waals surface area contributed by atoms with E-state index in [1.807, 2.05) is 4.98 Å². The first-order chi connectivity index (χ1) is 9.74. The molecule has 1 aliphatic heterocycles. The number of hydrogen-bond donors (Lipinski definition) is 5. The molecule has 1 aliphatic rings. The first kappa shape index (κ1) is 16.1. The minimum atomic E-state index is -2.21. The fourth-order valence-corrected chi connectivity index (χ4v) is 3.10. The molecule has 0 bridgehead atoms. The van der Waals surface area contributed by atoms with Crippen LogP contribution in [0.25, 0.3) is 0 Å². The normalized spacial score (nSPS) is 32.3. The number of hydrogen-bond acceptors (Lipinski definition) is 7. The molecule has 1 aromatic rings. The first-order valence-electron chi connectivity index (χ1n) is 5.64. The van der Waals surface area contributed by atoms with Crippen LogP contribution in [-0.4, -0.2) is 60.9 Å². The highest BCUT2D eigenvalue weighted by atomic mass is 127. The molecule has 4 atom stereocenters. The fourth-order valence-electron chi connectivity index (χ4n) is 2.19. The molecule has 2 heterocycles. The highest BCUT2D eigenvalue weighted by Gasteiger charge is 2.58. The van der Waals surface area contributed by atoms with E-state index < -0.39 is 47.9 Å². The molecule has 0 spiro atoms. The number of aliphatic hydroxyl groups excluding tert-OH is 3. The van der Waals surface area contributed by atoms with Gasteiger partial charge in [-0.3, -0.25) is 14.3 Å². The largest absolute Gasteiger partial charge is 0.479 e. The van der Waals surface area contributed by atoms with Gasteiger partial charge >= 0.3 is 11.7 Å². The zero-order valence-electron chi connectivity index (χ0n) is 10.3. The van der Waals surface area contributed by atoms with Crippen molar-refractivity contribution < 1.29 is 30.0 Å². The number of aromatic nitrogens is 2. The highest BCUT2D eigenvalue weighted by Crippen LogP contribution is 2.35. The van der Waals surface area contributed by atoms with Crippen LogP contribution in [0.5, 0.6) is 0 Å². The second-order valence-electron chi connectivity index (χ2n) is 4.41. The lowest BCUT2D eigenvalue weighted by molar-refractivity contribution is -0.185. The van der Waals surface area contributed by atoms with Crippen LogP contribution in [0.15, 0.2) is 15.7 Å². The Bertz CT molecular complexity index is 684. The Kier molecular flexibility index (Phi) is 4.21. The third kappa shape index (κ3) is 2.40. The zero-order valence-corrected chi connectivity index (χ0v) is 12.4. The number of ether oxygens (including phenoxy) is 1. The quantitative estimate of drug-likeness (QED) is 0.258. The van der Waals surface area contributed by atoms with Crippen molar-refractivity contribution in [3.63, 3.8) is 0 Å². The molecule has 1 fully saturated rings. The van der Waals surface area contributed by atoms with Gasteiger partial charge in [-0.1, -0.05) is 0 Å². The number of carboxylic acid groups (broad SMARTS) is 1. The lowest BCUT2D eigenvalue weighted by Crippen LogP contribution is -2.55. The molecule has 0 radical (unpaired) electrons. The predicted octanol–water partition coefficient (Wildman–Crippen LogP) is -3.01. The van der Waals surface area contributed by atoms with E-state index >= 15 is 0 Å². The SMILES string of the molecule is O=C(O)[C@H]1O[C@@](CO)(n2c(I)cc(=O)[nH]c2=O)[C@H](O)[C@@H]1O. The maximum absolute atomic E-state index is 11.9. The minimum absolute atomic E-state index is 0.00677. The van der Waals surface area contributed by atoms with E-state index in [0.29, 0.717) is 4.57 Å². The molecule has 21 heavy (non-hydrogen) atoms. The van der Waals surface area contributed by atoms with Crippen LogP contribution in [0.4, 0.5) is 0 Å². The van der Waals surface area contributed by atoms with Crippen LogP contribution in [-0.2, 0) is 15.3 Å². The third-order valence-electron chi connectivity index (χ3n) is 3.17. The van der Waals surface area contributed by atoms with Gasteiger partial charge in [-0.2, -0.15) is 0 Å². The van der Waals surface area contributed by atoms with Crippen molar-refractivity contribution in [2.75, 3.05) is 6.61 Å². The molecule has 10 nitrogen and oxygen atoms in total. The average molecular weight is 414 g/mol. The van der Waals surface area contributed by atoms with Crippen LogP contribution in [0.2, 0.25) is 0 Å². The van der Waals surface area contributed by atoms with Gasteiger partial charge in [0.1, 0.15) is 12.2 Å². The number of nitrogens with zero attached hydrogens (tertiary/aromatic N) is 1. The van der Waals surface area contributed by atoms with E-state index in [1.54, 1.807) is 22.6 Å². The summed E-state index contributed by atoms with van der Waals surface area (Å²) >= 11 is 1.59. The molecule has 0 aromatic carbocycles. The Balaban J connectivity index is 2.67.